The van der Waals surface area contributed by atoms with Crippen molar-refractivity contribution in [2.45, 2.75) is 19.8 Å². The van der Waals surface area contributed by atoms with E-state index in [0.29, 0.717) is 6.54 Å². The number of amides is 1. The van der Waals surface area contributed by atoms with E-state index in [1.165, 1.54) is 0 Å². The summed E-state index contributed by atoms with van der Waals surface area (Å²) in [4.78, 5) is 16.2. The Morgan fingerprint density at radius 1 is 1.56 bits per heavy atom. The van der Waals surface area contributed by atoms with E-state index in [1.54, 1.807) is 16.8 Å². The fourth-order valence-electron chi connectivity index (χ4n) is 1.88. The number of hydrogen-bond donors (Lipinski definition) is 2. The second-order valence-corrected chi connectivity index (χ2v) is 5.13. The summed E-state index contributed by atoms with van der Waals surface area (Å²) in [5.41, 5.74) is 9.19. The van der Waals surface area contributed by atoms with Gasteiger partial charge in [0.2, 0.25) is 5.91 Å². The van der Waals surface area contributed by atoms with Crippen molar-refractivity contribution >= 4 is 33.1 Å². The molecule has 0 aliphatic carbocycles. The minimum Gasteiger partial charge on any atom is -0.330 e. The van der Waals surface area contributed by atoms with Gasteiger partial charge in [0.15, 0.2) is 0 Å². The molecule has 1 heterocycles. The first-order valence-electron chi connectivity index (χ1n) is 6.08. The van der Waals surface area contributed by atoms with E-state index in [0.717, 1.165) is 28.7 Å². The Morgan fingerprint density at radius 3 is 3.11 bits per heavy atom. The molecule has 0 aliphatic rings. The monoisotopic (exact) mass is 263 g/mol. The molecular formula is C13H17N3OS. The normalized spacial score (nSPS) is 12.6. The summed E-state index contributed by atoms with van der Waals surface area (Å²) in [7, 11) is 0. The van der Waals surface area contributed by atoms with Crippen LogP contribution in [0.1, 0.15) is 19.8 Å². The zero-order valence-electron chi connectivity index (χ0n) is 10.3. The molecule has 5 heteroatoms. The van der Waals surface area contributed by atoms with Crippen molar-refractivity contribution in [3.8, 4) is 0 Å². The van der Waals surface area contributed by atoms with Gasteiger partial charge in [-0.25, -0.2) is 4.98 Å². The van der Waals surface area contributed by atoms with Crippen LogP contribution in [-0.4, -0.2) is 17.4 Å². The van der Waals surface area contributed by atoms with Gasteiger partial charge in [0.25, 0.3) is 0 Å². The van der Waals surface area contributed by atoms with E-state index < -0.39 is 0 Å². The summed E-state index contributed by atoms with van der Waals surface area (Å²) in [6, 6.07) is 5.74. The van der Waals surface area contributed by atoms with Crippen molar-refractivity contribution in [3.63, 3.8) is 0 Å². The van der Waals surface area contributed by atoms with E-state index in [-0.39, 0.29) is 11.8 Å². The summed E-state index contributed by atoms with van der Waals surface area (Å²) in [5, 5.41) is 2.92. The zero-order chi connectivity index (χ0) is 13.0. The molecule has 1 aromatic heterocycles. The Kier molecular flexibility index (Phi) is 4.28. The second-order valence-electron chi connectivity index (χ2n) is 4.25. The summed E-state index contributed by atoms with van der Waals surface area (Å²) in [6.45, 7) is 2.45. The molecule has 18 heavy (non-hydrogen) atoms. The number of nitrogens with two attached hydrogens (primary N) is 1. The smallest absolute Gasteiger partial charge is 0.228 e. The van der Waals surface area contributed by atoms with Crippen LogP contribution < -0.4 is 11.1 Å². The Morgan fingerprint density at radius 2 is 2.39 bits per heavy atom. The van der Waals surface area contributed by atoms with Gasteiger partial charge < -0.3 is 11.1 Å². The number of aromatic nitrogens is 1. The Bertz CT molecular complexity index is 538. The fourth-order valence-corrected chi connectivity index (χ4v) is 2.60. The van der Waals surface area contributed by atoms with Crippen molar-refractivity contribution in [2.24, 2.45) is 11.7 Å². The minimum atomic E-state index is -0.104. The van der Waals surface area contributed by atoms with Gasteiger partial charge in [-0.15, -0.1) is 11.3 Å². The molecule has 1 atom stereocenters. The topological polar surface area (TPSA) is 68.0 Å². The molecule has 4 nitrogen and oxygen atoms in total. The Balaban J connectivity index is 2.09. The van der Waals surface area contributed by atoms with Gasteiger partial charge in [0, 0.05) is 12.2 Å². The van der Waals surface area contributed by atoms with E-state index in [9.17, 15) is 4.79 Å². The van der Waals surface area contributed by atoms with Gasteiger partial charge in [-0.3, -0.25) is 4.79 Å². The lowest BCUT2D eigenvalue weighted by molar-refractivity contribution is -0.119. The predicted octanol–water partition coefficient (Wildman–Crippen LogP) is 2.61. The van der Waals surface area contributed by atoms with Crippen LogP contribution in [0.5, 0.6) is 0 Å². The molecule has 0 aliphatic heterocycles. The quantitative estimate of drug-likeness (QED) is 0.871. The maximum Gasteiger partial charge on any atom is 0.228 e. The molecule has 0 spiro atoms. The number of fused-ring (bicyclic) bond motifs is 1. The molecule has 0 fully saturated rings. The molecule has 3 N–H and O–H groups in total. The number of nitrogens with one attached hydrogen (secondary N) is 1. The predicted molar refractivity (Wildman–Crippen MR) is 75.7 cm³/mol. The van der Waals surface area contributed by atoms with Crippen LogP contribution in [0.15, 0.2) is 23.7 Å². The molecule has 1 unspecified atom stereocenters. The number of carbonyl (C=O) groups excluding carboxylic acids is 1. The van der Waals surface area contributed by atoms with E-state index >= 15 is 0 Å². The summed E-state index contributed by atoms with van der Waals surface area (Å²) >= 11 is 1.57. The number of thiazole rings is 1. The highest BCUT2D eigenvalue weighted by molar-refractivity contribution is 7.16. The first-order valence-corrected chi connectivity index (χ1v) is 6.96. The van der Waals surface area contributed by atoms with Gasteiger partial charge in [0.1, 0.15) is 0 Å². The van der Waals surface area contributed by atoms with E-state index in [2.05, 4.69) is 17.2 Å². The first kappa shape index (κ1) is 13.0. The number of nitrogens with zero attached hydrogens (tertiary/aromatic N) is 1. The highest BCUT2D eigenvalue weighted by atomic mass is 32.1. The number of anilines is 1. The van der Waals surface area contributed by atoms with Crippen LogP contribution in [0.4, 0.5) is 5.69 Å². The Hall–Kier alpha value is -1.46. The van der Waals surface area contributed by atoms with Crippen LogP contribution >= 0.6 is 11.3 Å². The van der Waals surface area contributed by atoms with Crippen LogP contribution in [0.2, 0.25) is 0 Å². The molecule has 96 valence electrons. The summed E-state index contributed by atoms with van der Waals surface area (Å²) in [6.07, 6.45) is 1.79. The molecule has 1 amide bonds. The second kappa shape index (κ2) is 5.93. The first-order chi connectivity index (χ1) is 8.74. The zero-order valence-corrected chi connectivity index (χ0v) is 11.2. The summed E-state index contributed by atoms with van der Waals surface area (Å²) < 4.78 is 1.08. The lowest BCUT2D eigenvalue weighted by Crippen LogP contribution is -2.29. The van der Waals surface area contributed by atoms with Gasteiger partial charge in [0.05, 0.1) is 21.6 Å². The van der Waals surface area contributed by atoms with Crippen molar-refractivity contribution in [1.82, 2.24) is 4.98 Å². The largest absolute Gasteiger partial charge is 0.330 e. The minimum absolute atomic E-state index is 0.00298. The van der Waals surface area contributed by atoms with Crippen LogP contribution in [-0.2, 0) is 4.79 Å². The number of carbonyl (C=O) groups is 1. The van der Waals surface area contributed by atoms with Gasteiger partial charge >= 0.3 is 0 Å². The van der Waals surface area contributed by atoms with Crippen molar-refractivity contribution in [1.29, 1.82) is 0 Å². The highest BCUT2D eigenvalue weighted by Gasteiger charge is 2.15. The lowest BCUT2D eigenvalue weighted by atomic mass is 10.0. The third-order valence-corrected chi connectivity index (χ3v) is 3.68. The van der Waals surface area contributed by atoms with Crippen LogP contribution in [0.3, 0.4) is 0 Å². The maximum atomic E-state index is 12.0. The molecule has 0 bridgehead atoms. The van der Waals surface area contributed by atoms with Gasteiger partial charge in [-0.2, -0.15) is 0 Å². The molecule has 2 aromatic rings. The van der Waals surface area contributed by atoms with Crippen molar-refractivity contribution in [2.75, 3.05) is 11.9 Å². The van der Waals surface area contributed by atoms with Crippen LogP contribution in [0, 0.1) is 5.92 Å². The highest BCUT2D eigenvalue weighted by Crippen LogP contribution is 2.22. The van der Waals surface area contributed by atoms with Crippen LogP contribution in [0.25, 0.3) is 10.2 Å². The van der Waals surface area contributed by atoms with Crippen molar-refractivity contribution in [3.05, 3.63) is 23.7 Å². The molecule has 0 saturated carbocycles. The number of rotatable bonds is 5. The van der Waals surface area contributed by atoms with Gasteiger partial charge in [-0.05, 0) is 24.6 Å². The number of hydrogen-bond acceptors (Lipinski definition) is 4. The molecule has 1 aromatic carbocycles. The van der Waals surface area contributed by atoms with E-state index in [1.807, 2.05) is 18.2 Å². The lowest BCUT2D eigenvalue weighted by Gasteiger charge is -2.13. The average molecular weight is 263 g/mol. The number of benzene rings is 1. The molecular weight excluding hydrogens is 246 g/mol. The van der Waals surface area contributed by atoms with Crippen molar-refractivity contribution < 1.29 is 4.79 Å². The average Bonchev–Trinajstić information content (AvgIpc) is 2.83. The fraction of sp³-hybridized carbons (Fsp3) is 0.385. The standard InChI is InChI=1S/C13H17N3OS/c1-2-3-9(7-14)13(17)16-10-4-5-11-12(6-10)18-8-15-11/h4-6,8-9H,2-3,7,14H2,1H3,(H,16,17). The molecule has 0 saturated heterocycles. The van der Waals surface area contributed by atoms with Gasteiger partial charge in [-0.1, -0.05) is 13.3 Å². The summed E-state index contributed by atoms with van der Waals surface area (Å²) in [5.74, 6) is -0.102. The molecule has 2 rings (SSSR count). The van der Waals surface area contributed by atoms with E-state index in [4.69, 9.17) is 5.73 Å². The molecule has 0 radical (unpaired) electrons. The maximum absolute atomic E-state index is 12.0. The SMILES string of the molecule is CCCC(CN)C(=O)Nc1ccc2ncsc2c1. The third-order valence-electron chi connectivity index (χ3n) is 2.89. The third kappa shape index (κ3) is 2.86. The Labute approximate surface area is 110 Å².